The van der Waals surface area contributed by atoms with Crippen LogP contribution in [-0.4, -0.2) is 20.9 Å². The van der Waals surface area contributed by atoms with Gasteiger partial charge in [-0.2, -0.15) is 0 Å². The maximum atomic E-state index is 12.6. The summed E-state index contributed by atoms with van der Waals surface area (Å²) < 4.78 is 58.2. The SMILES string of the molecule is COCOc1ccc(/C=C(\F)[B-](F)(F)F)cc1. The minimum Gasteiger partial charge on any atom is -0.468 e. The van der Waals surface area contributed by atoms with Gasteiger partial charge in [0.05, 0.1) is 0 Å². The van der Waals surface area contributed by atoms with E-state index in [1.807, 2.05) is 0 Å². The quantitative estimate of drug-likeness (QED) is 0.452. The molecule has 0 spiro atoms. The molecule has 0 aliphatic rings. The summed E-state index contributed by atoms with van der Waals surface area (Å²) in [5.74, 6) is 0.432. The summed E-state index contributed by atoms with van der Waals surface area (Å²) in [5.41, 5.74) is -1.96. The van der Waals surface area contributed by atoms with Crippen molar-refractivity contribution in [3.63, 3.8) is 0 Å². The number of ether oxygens (including phenoxy) is 2. The van der Waals surface area contributed by atoms with Gasteiger partial charge in [-0.1, -0.05) is 18.2 Å². The Balaban J connectivity index is 2.75. The standard InChI is InChI=1S/C10H10BF4O2/c1-16-7-17-9-4-2-8(3-5-9)6-10(12)11(13,14)15/h2-6H,7H2,1H3/q-1/b10-6-. The zero-order valence-electron chi connectivity index (χ0n) is 9.00. The molecule has 0 radical (unpaired) electrons. The molecular weight excluding hydrogens is 239 g/mol. The summed E-state index contributed by atoms with van der Waals surface area (Å²) in [7, 11) is 1.44. The van der Waals surface area contributed by atoms with E-state index in [1.54, 1.807) is 0 Å². The molecule has 0 heterocycles. The fraction of sp³-hybridized carbons (Fsp3) is 0.200. The van der Waals surface area contributed by atoms with Crippen molar-refractivity contribution in [1.29, 1.82) is 0 Å². The van der Waals surface area contributed by atoms with Crippen molar-refractivity contribution >= 4 is 13.1 Å². The lowest BCUT2D eigenvalue weighted by Crippen LogP contribution is -2.15. The van der Waals surface area contributed by atoms with E-state index in [-0.39, 0.29) is 12.4 Å². The number of rotatable bonds is 5. The second-order valence-corrected chi connectivity index (χ2v) is 3.22. The summed E-state index contributed by atoms with van der Waals surface area (Å²) in [6.07, 6.45) is 0.445. The van der Waals surface area contributed by atoms with Crippen LogP contribution in [0, 0.1) is 0 Å². The van der Waals surface area contributed by atoms with Gasteiger partial charge in [0.1, 0.15) is 5.75 Å². The Morgan fingerprint density at radius 2 is 1.82 bits per heavy atom. The third kappa shape index (κ3) is 4.48. The van der Waals surface area contributed by atoms with Crippen LogP contribution in [0.1, 0.15) is 5.56 Å². The number of hydrogen-bond acceptors (Lipinski definition) is 2. The zero-order valence-corrected chi connectivity index (χ0v) is 9.00. The molecule has 0 fully saturated rings. The van der Waals surface area contributed by atoms with Crippen LogP contribution >= 0.6 is 0 Å². The van der Waals surface area contributed by atoms with E-state index < -0.39 is 12.7 Å². The monoisotopic (exact) mass is 249 g/mol. The molecule has 0 unspecified atom stereocenters. The molecule has 0 atom stereocenters. The topological polar surface area (TPSA) is 18.5 Å². The van der Waals surface area contributed by atoms with E-state index in [4.69, 9.17) is 4.74 Å². The fourth-order valence-electron chi connectivity index (χ4n) is 1.04. The van der Waals surface area contributed by atoms with Crippen molar-refractivity contribution in [2.24, 2.45) is 0 Å². The molecule has 1 aromatic carbocycles. The molecule has 0 aromatic heterocycles. The maximum absolute atomic E-state index is 12.6. The Morgan fingerprint density at radius 3 is 2.29 bits per heavy atom. The fourth-order valence-corrected chi connectivity index (χ4v) is 1.04. The van der Waals surface area contributed by atoms with Crippen molar-refractivity contribution < 1.29 is 26.8 Å². The third-order valence-corrected chi connectivity index (χ3v) is 1.84. The number of halogens is 4. The Morgan fingerprint density at radius 1 is 1.24 bits per heavy atom. The van der Waals surface area contributed by atoms with Gasteiger partial charge in [0, 0.05) is 12.8 Å². The predicted octanol–water partition coefficient (Wildman–Crippen LogP) is 3.37. The summed E-state index contributed by atoms with van der Waals surface area (Å²) in [6, 6.07) is 5.52. The van der Waals surface area contributed by atoms with Crippen molar-refractivity contribution in [1.82, 2.24) is 0 Å². The van der Waals surface area contributed by atoms with Gasteiger partial charge in [-0.3, -0.25) is 0 Å². The van der Waals surface area contributed by atoms with Gasteiger partial charge in [0.2, 0.25) is 0 Å². The average Bonchev–Trinajstić information content (AvgIpc) is 2.27. The van der Waals surface area contributed by atoms with Crippen LogP contribution in [0.2, 0.25) is 0 Å². The lowest BCUT2D eigenvalue weighted by atomic mass is 9.88. The van der Waals surface area contributed by atoms with E-state index in [9.17, 15) is 17.3 Å². The van der Waals surface area contributed by atoms with Crippen molar-refractivity contribution in [3.05, 3.63) is 35.6 Å². The molecule has 2 nitrogen and oxygen atoms in total. The van der Waals surface area contributed by atoms with Crippen LogP contribution in [0.3, 0.4) is 0 Å². The molecule has 0 saturated heterocycles. The van der Waals surface area contributed by atoms with Crippen LogP contribution in [0.15, 0.2) is 30.0 Å². The van der Waals surface area contributed by atoms with Gasteiger partial charge in [-0.25, -0.2) is 4.39 Å². The van der Waals surface area contributed by atoms with E-state index in [0.29, 0.717) is 11.8 Å². The highest BCUT2D eigenvalue weighted by Crippen LogP contribution is 2.24. The Hall–Kier alpha value is -1.50. The first-order valence-electron chi connectivity index (χ1n) is 4.72. The summed E-state index contributed by atoms with van der Waals surface area (Å²) >= 11 is 0. The van der Waals surface area contributed by atoms with Gasteiger partial charge in [-0.05, 0) is 17.7 Å². The molecule has 0 N–H and O–H groups in total. The lowest BCUT2D eigenvalue weighted by molar-refractivity contribution is 0.0511. The largest absolute Gasteiger partial charge is 0.537 e. The highest BCUT2D eigenvalue weighted by molar-refractivity contribution is 6.66. The highest BCUT2D eigenvalue weighted by Gasteiger charge is 2.29. The van der Waals surface area contributed by atoms with Crippen LogP contribution in [0.4, 0.5) is 17.3 Å². The van der Waals surface area contributed by atoms with E-state index >= 15 is 0 Å². The second kappa shape index (κ2) is 5.72. The Bertz CT molecular complexity index is 386. The smallest absolute Gasteiger partial charge is 0.468 e. The first-order valence-corrected chi connectivity index (χ1v) is 4.72. The summed E-state index contributed by atoms with van der Waals surface area (Å²) in [5, 5.41) is 0. The van der Waals surface area contributed by atoms with Crippen molar-refractivity contribution in [3.8, 4) is 5.75 Å². The van der Waals surface area contributed by atoms with Crippen LogP contribution in [0.25, 0.3) is 6.08 Å². The molecule has 0 aliphatic heterocycles. The van der Waals surface area contributed by atoms with Gasteiger partial charge in [0.25, 0.3) is 0 Å². The van der Waals surface area contributed by atoms with Gasteiger partial charge >= 0.3 is 6.98 Å². The van der Waals surface area contributed by atoms with Gasteiger partial charge in [-0.15, -0.1) is 0 Å². The zero-order chi connectivity index (χ0) is 12.9. The van der Waals surface area contributed by atoms with Crippen LogP contribution in [0.5, 0.6) is 5.75 Å². The lowest BCUT2D eigenvalue weighted by Gasteiger charge is -2.11. The van der Waals surface area contributed by atoms with Crippen LogP contribution in [-0.2, 0) is 4.74 Å². The van der Waals surface area contributed by atoms with Gasteiger partial charge < -0.3 is 22.4 Å². The molecule has 1 rings (SSSR count). The van der Waals surface area contributed by atoms with E-state index in [2.05, 4.69) is 4.74 Å². The average molecular weight is 249 g/mol. The summed E-state index contributed by atoms with van der Waals surface area (Å²) in [4.78, 5) is 0. The Labute approximate surface area is 95.9 Å². The highest BCUT2D eigenvalue weighted by atomic mass is 19.4. The molecule has 0 saturated carbocycles. The van der Waals surface area contributed by atoms with Crippen molar-refractivity contribution in [2.75, 3.05) is 13.9 Å². The molecule has 7 heteroatoms. The third-order valence-electron chi connectivity index (χ3n) is 1.84. The molecule has 0 aliphatic carbocycles. The first-order chi connectivity index (χ1) is 7.93. The second-order valence-electron chi connectivity index (χ2n) is 3.22. The molecule has 0 amide bonds. The van der Waals surface area contributed by atoms with E-state index in [0.717, 1.165) is 0 Å². The minimum absolute atomic E-state index is 0.0369. The minimum atomic E-state index is -5.57. The molecule has 17 heavy (non-hydrogen) atoms. The van der Waals surface area contributed by atoms with Crippen LogP contribution < -0.4 is 4.74 Å². The number of methoxy groups -OCH3 is 1. The number of hydrogen-bond donors (Lipinski definition) is 0. The van der Waals surface area contributed by atoms with E-state index in [1.165, 1.54) is 31.4 Å². The maximum Gasteiger partial charge on any atom is 0.537 e. The summed E-state index contributed by atoms with van der Waals surface area (Å²) in [6.45, 7) is -5.54. The molecular formula is C10H10BF4O2-. The van der Waals surface area contributed by atoms with Gasteiger partial charge in [0.15, 0.2) is 6.79 Å². The molecule has 1 aromatic rings. The predicted molar refractivity (Wildman–Crippen MR) is 57.1 cm³/mol. The first kappa shape index (κ1) is 13.6. The number of benzene rings is 1. The molecule has 0 bridgehead atoms. The normalized spacial score (nSPS) is 12.6. The van der Waals surface area contributed by atoms with Crippen molar-refractivity contribution in [2.45, 2.75) is 0 Å². The molecule has 94 valence electrons. The Kier molecular flexibility index (Phi) is 4.57.